The Hall–Kier alpha value is -3.04. The fourth-order valence-electron chi connectivity index (χ4n) is 4.68. The lowest BCUT2D eigenvalue weighted by atomic mass is 9.76. The molecular formula is C25H21ClF2O6S. The molecule has 1 saturated carbocycles. The van der Waals surface area contributed by atoms with Crippen molar-refractivity contribution in [1.29, 1.82) is 0 Å². The molecule has 0 saturated heterocycles. The van der Waals surface area contributed by atoms with E-state index in [9.17, 15) is 26.8 Å². The van der Waals surface area contributed by atoms with E-state index < -0.39 is 38.0 Å². The van der Waals surface area contributed by atoms with E-state index in [2.05, 4.69) is 0 Å². The van der Waals surface area contributed by atoms with Crippen LogP contribution in [0.25, 0.3) is 0 Å². The largest absolute Gasteiger partial charge is 0.475 e. The number of benzene rings is 2. The van der Waals surface area contributed by atoms with Crippen LogP contribution in [0.5, 0.6) is 0 Å². The van der Waals surface area contributed by atoms with E-state index in [0.717, 1.165) is 18.2 Å². The molecule has 1 fully saturated rings. The Morgan fingerprint density at radius 1 is 1.00 bits per heavy atom. The number of furan rings is 1. The van der Waals surface area contributed by atoms with Gasteiger partial charge in [0.05, 0.1) is 4.90 Å². The summed E-state index contributed by atoms with van der Waals surface area (Å²) in [5, 5.41) is 9.30. The minimum Gasteiger partial charge on any atom is -0.475 e. The van der Waals surface area contributed by atoms with Crippen molar-refractivity contribution in [3.05, 3.63) is 88.3 Å². The SMILES string of the molecule is O=C(O)c1ccc(C(=O)CC2CCC(c3cc(F)ccc3F)(S(=O)(=O)c3ccc(Cl)cc3)CC2)o1. The number of ketones is 1. The predicted molar refractivity (Wildman–Crippen MR) is 123 cm³/mol. The van der Waals surface area contributed by atoms with Crippen molar-refractivity contribution < 1.29 is 36.3 Å². The van der Waals surface area contributed by atoms with E-state index >= 15 is 0 Å². The lowest BCUT2D eigenvalue weighted by Gasteiger charge is -2.40. The van der Waals surface area contributed by atoms with Crippen LogP contribution in [0.15, 0.2) is 63.9 Å². The summed E-state index contributed by atoms with van der Waals surface area (Å²) >= 11 is 5.91. The molecule has 0 radical (unpaired) electrons. The first-order valence-corrected chi connectivity index (χ1v) is 12.7. The van der Waals surface area contributed by atoms with Gasteiger partial charge >= 0.3 is 5.97 Å². The highest BCUT2D eigenvalue weighted by Gasteiger charge is 2.50. The molecule has 10 heteroatoms. The number of sulfone groups is 1. The van der Waals surface area contributed by atoms with Crippen molar-refractivity contribution in [2.45, 2.75) is 41.7 Å². The van der Waals surface area contributed by atoms with Crippen molar-refractivity contribution in [2.24, 2.45) is 5.92 Å². The molecule has 0 aliphatic heterocycles. The number of Topliss-reactive ketones (excluding diaryl/α,β-unsaturated/α-hetero) is 1. The third-order valence-corrected chi connectivity index (χ3v) is 9.34. The van der Waals surface area contributed by atoms with Crippen molar-refractivity contribution >= 4 is 33.2 Å². The topological polar surface area (TPSA) is 102 Å². The monoisotopic (exact) mass is 522 g/mol. The third kappa shape index (κ3) is 4.75. The van der Waals surface area contributed by atoms with Crippen LogP contribution in [0, 0.1) is 17.6 Å². The van der Waals surface area contributed by atoms with Gasteiger partial charge in [-0.2, -0.15) is 0 Å². The number of carbonyl (C=O) groups is 2. The average molecular weight is 523 g/mol. The molecule has 0 bridgehead atoms. The Bertz CT molecular complexity index is 1370. The Labute approximate surface area is 205 Å². The fraction of sp³-hybridized carbons (Fsp3) is 0.280. The van der Waals surface area contributed by atoms with E-state index in [0.29, 0.717) is 5.02 Å². The Balaban J connectivity index is 1.64. The molecule has 1 heterocycles. The summed E-state index contributed by atoms with van der Waals surface area (Å²) in [6.07, 6.45) is 0.445. The summed E-state index contributed by atoms with van der Waals surface area (Å²) in [5.74, 6) is -3.97. The smallest absolute Gasteiger partial charge is 0.371 e. The quantitative estimate of drug-likeness (QED) is 0.379. The van der Waals surface area contributed by atoms with Crippen LogP contribution in [0.1, 0.15) is 58.8 Å². The predicted octanol–water partition coefficient (Wildman–Crippen LogP) is 6.04. The van der Waals surface area contributed by atoms with Gasteiger partial charge in [-0.25, -0.2) is 22.0 Å². The maximum absolute atomic E-state index is 14.9. The molecule has 6 nitrogen and oxygen atoms in total. The molecule has 4 rings (SSSR count). The van der Waals surface area contributed by atoms with Gasteiger partial charge in [0.25, 0.3) is 0 Å². The number of hydrogen-bond donors (Lipinski definition) is 1. The van der Waals surface area contributed by atoms with Crippen molar-refractivity contribution in [3.63, 3.8) is 0 Å². The molecule has 1 aliphatic carbocycles. The zero-order valence-corrected chi connectivity index (χ0v) is 19.9. The van der Waals surface area contributed by atoms with Crippen molar-refractivity contribution in [2.75, 3.05) is 0 Å². The molecule has 0 spiro atoms. The van der Waals surface area contributed by atoms with Crippen LogP contribution in [0.2, 0.25) is 5.02 Å². The van der Waals surface area contributed by atoms with E-state index in [-0.39, 0.29) is 60.0 Å². The highest BCUT2D eigenvalue weighted by molar-refractivity contribution is 7.92. The molecular weight excluding hydrogens is 502 g/mol. The van der Waals surface area contributed by atoms with Gasteiger partial charge in [-0.15, -0.1) is 0 Å². The highest BCUT2D eigenvalue weighted by Crippen LogP contribution is 2.50. The summed E-state index contributed by atoms with van der Waals surface area (Å²) in [6.45, 7) is 0. The highest BCUT2D eigenvalue weighted by atomic mass is 35.5. The fourth-order valence-corrected chi connectivity index (χ4v) is 6.97. The Morgan fingerprint density at radius 2 is 1.63 bits per heavy atom. The van der Waals surface area contributed by atoms with Gasteiger partial charge in [0.15, 0.2) is 21.4 Å². The molecule has 35 heavy (non-hydrogen) atoms. The molecule has 0 amide bonds. The first kappa shape index (κ1) is 25.1. The van der Waals surface area contributed by atoms with Crippen LogP contribution in [0.4, 0.5) is 8.78 Å². The second-order valence-electron chi connectivity index (χ2n) is 8.62. The summed E-state index contributed by atoms with van der Waals surface area (Å²) in [5.41, 5.74) is -0.241. The van der Waals surface area contributed by atoms with Crippen LogP contribution in [-0.2, 0) is 14.6 Å². The number of carboxylic acids is 1. The van der Waals surface area contributed by atoms with E-state index in [1.807, 2.05) is 0 Å². The number of hydrogen-bond acceptors (Lipinski definition) is 5. The lowest BCUT2D eigenvalue weighted by molar-refractivity contribution is 0.0659. The maximum Gasteiger partial charge on any atom is 0.371 e. The van der Waals surface area contributed by atoms with E-state index in [4.69, 9.17) is 21.1 Å². The molecule has 184 valence electrons. The van der Waals surface area contributed by atoms with Crippen LogP contribution in [-0.4, -0.2) is 25.3 Å². The number of aromatic carboxylic acids is 1. The zero-order valence-electron chi connectivity index (χ0n) is 18.3. The second-order valence-corrected chi connectivity index (χ2v) is 11.3. The van der Waals surface area contributed by atoms with Gasteiger partial charge in [-0.1, -0.05) is 11.6 Å². The van der Waals surface area contributed by atoms with Gasteiger partial charge < -0.3 is 9.52 Å². The molecule has 1 aromatic heterocycles. The van der Waals surface area contributed by atoms with Gasteiger partial charge in [-0.3, -0.25) is 4.79 Å². The summed E-state index contributed by atoms with van der Waals surface area (Å²) in [4.78, 5) is 23.5. The standard InChI is InChI=1S/C25H21ClF2O6S/c26-16-1-4-18(5-2-16)35(32,33)25(19-14-17(27)3-6-20(19)28)11-9-15(10-12-25)13-21(29)22-7-8-23(34-22)24(30)31/h1-8,14-15H,9-13H2,(H,30,31). The molecule has 1 aliphatic rings. The minimum atomic E-state index is -4.18. The first-order chi connectivity index (χ1) is 16.5. The molecule has 0 unspecified atom stereocenters. The van der Waals surface area contributed by atoms with Crippen molar-refractivity contribution in [3.8, 4) is 0 Å². The molecule has 3 aromatic rings. The van der Waals surface area contributed by atoms with E-state index in [1.54, 1.807) is 0 Å². The summed E-state index contributed by atoms with van der Waals surface area (Å²) < 4.78 is 60.1. The minimum absolute atomic E-state index is 0.00920. The second kappa shape index (κ2) is 9.54. The van der Waals surface area contributed by atoms with Gasteiger partial charge in [0, 0.05) is 17.0 Å². The zero-order chi connectivity index (χ0) is 25.4. The number of rotatable bonds is 7. The molecule has 2 aromatic carbocycles. The van der Waals surface area contributed by atoms with Crippen molar-refractivity contribution in [1.82, 2.24) is 0 Å². The number of carbonyl (C=O) groups excluding carboxylic acids is 1. The lowest BCUT2D eigenvalue weighted by Crippen LogP contribution is -2.41. The maximum atomic E-state index is 14.9. The van der Waals surface area contributed by atoms with E-state index in [1.165, 1.54) is 36.4 Å². The average Bonchev–Trinajstić information content (AvgIpc) is 3.32. The van der Waals surface area contributed by atoms with Crippen LogP contribution in [0.3, 0.4) is 0 Å². The van der Waals surface area contributed by atoms with Gasteiger partial charge in [0.1, 0.15) is 16.4 Å². The number of halogens is 3. The number of carboxylic acid groups (broad SMARTS) is 1. The molecule has 0 atom stereocenters. The van der Waals surface area contributed by atoms with Crippen LogP contribution < -0.4 is 0 Å². The Kier molecular flexibility index (Phi) is 6.83. The van der Waals surface area contributed by atoms with Gasteiger partial charge in [-0.05, 0) is 86.2 Å². The Morgan fingerprint density at radius 3 is 2.23 bits per heavy atom. The summed E-state index contributed by atoms with van der Waals surface area (Å²) in [7, 11) is -4.18. The van der Waals surface area contributed by atoms with Gasteiger partial charge in [0.2, 0.25) is 5.76 Å². The molecule has 1 N–H and O–H groups in total. The first-order valence-electron chi connectivity index (χ1n) is 10.9. The van der Waals surface area contributed by atoms with Crippen LogP contribution >= 0.6 is 11.6 Å². The normalized spacial score (nSPS) is 20.5. The summed E-state index contributed by atoms with van der Waals surface area (Å²) in [6, 6.07) is 10.7. The third-order valence-electron chi connectivity index (χ3n) is 6.54.